The third kappa shape index (κ3) is 4.89. The summed E-state index contributed by atoms with van der Waals surface area (Å²) in [5, 5.41) is 4.96. The van der Waals surface area contributed by atoms with Gasteiger partial charge >= 0.3 is 0 Å². The molecule has 0 fully saturated rings. The molecule has 90 valence electrons. The lowest BCUT2D eigenvalue weighted by Gasteiger charge is -2.16. The number of nitrogens with zero attached hydrogens (tertiary/aromatic N) is 3. The number of rotatable bonds is 5. The van der Waals surface area contributed by atoms with E-state index in [-0.39, 0.29) is 0 Å². The van der Waals surface area contributed by atoms with Crippen LogP contribution in [-0.2, 0) is 0 Å². The van der Waals surface area contributed by atoms with E-state index in [1.807, 2.05) is 6.08 Å². The molecule has 17 heavy (non-hydrogen) atoms. The summed E-state index contributed by atoms with van der Waals surface area (Å²) >= 11 is 0. The molecule has 0 N–H and O–H groups in total. The Bertz CT molecular complexity index is 423. The van der Waals surface area contributed by atoms with E-state index >= 15 is 0 Å². The summed E-state index contributed by atoms with van der Waals surface area (Å²) in [6.45, 7) is 7.56. The van der Waals surface area contributed by atoms with Crippen molar-refractivity contribution in [1.29, 1.82) is 0 Å². The Hall–Kier alpha value is -1.51. The Balaban J connectivity index is 2.59. The van der Waals surface area contributed by atoms with Gasteiger partial charge in [0.05, 0.1) is 8.07 Å². The van der Waals surface area contributed by atoms with E-state index in [2.05, 4.69) is 60.0 Å². The van der Waals surface area contributed by atoms with Gasteiger partial charge in [0, 0.05) is 11.5 Å². The SMILES string of the molecule is C[Si](C)(C)c1ccc(C=CCCN=[N+]=[N-])cc1. The molecule has 0 heterocycles. The zero-order valence-corrected chi connectivity index (χ0v) is 11.7. The van der Waals surface area contributed by atoms with Gasteiger partial charge in [-0.25, -0.2) is 0 Å². The first-order chi connectivity index (χ1) is 8.04. The molecule has 1 rings (SSSR count). The molecule has 3 nitrogen and oxygen atoms in total. The van der Waals surface area contributed by atoms with Crippen LogP contribution in [0.3, 0.4) is 0 Å². The minimum atomic E-state index is -1.18. The lowest BCUT2D eigenvalue weighted by atomic mass is 10.2. The topological polar surface area (TPSA) is 48.8 Å². The van der Waals surface area contributed by atoms with Crippen molar-refractivity contribution < 1.29 is 0 Å². The molecule has 1 aromatic rings. The molecule has 0 aliphatic rings. The van der Waals surface area contributed by atoms with Crippen molar-refractivity contribution in [3.63, 3.8) is 0 Å². The van der Waals surface area contributed by atoms with Crippen LogP contribution >= 0.6 is 0 Å². The van der Waals surface area contributed by atoms with E-state index in [1.165, 1.54) is 10.8 Å². The summed E-state index contributed by atoms with van der Waals surface area (Å²) in [7, 11) is -1.18. The van der Waals surface area contributed by atoms with Crippen LogP contribution in [0.4, 0.5) is 0 Å². The van der Waals surface area contributed by atoms with Crippen molar-refractivity contribution in [1.82, 2.24) is 0 Å². The van der Waals surface area contributed by atoms with Crippen molar-refractivity contribution in [2.45, 2.75) is 26.1 Å². The van der Waals surface area contributed by atoms with Crippen LogP contribution in [0.5, 0.6) is 0 Å². The molecule has 0 atom stereocenters. The van der Waals surface area contributed by atoms with Gasteiger partial charge in [-0.3, -0.25) is 0 Å². The highest BCUT2D eigenvalue weighted by Gasteiger charge is 2.15. The van der Waals surface area contributed by atoms with Crippen LogP contribution in [0.15, 0.2) is 35.5 Å². The van der Waals surface area contributed by atoms with Gasteiger partial charge in [-0.05, 0) is 17.5 Å². The Labute approximate surface area is 104 Å². The van der Waals surface area contributed by atoms with Crippen molar-refractivity contribution in [2.75, 3.05) is 6.54 Å². The van der Waals surface area contributed by atoms with Crippen molar-refractivity contribution in [2.24, 2.45) is 5.11 Å². The van der Waals surface area contributed by atoms with E-state index in [0.29, 0.717) is 6.54 Å². The second kappa shape index (κ2) is 6.28. The molecule has 0 aromatic heterocycles. The monoisotopic (exact) mass is 245 g/mol. The fourth-order valence-electron chi connectivity index (χ4n) is 1.49. The number of benzene rings is 1. The molecule has 0 saturated heterocycles. The van der Waals surface area contributed by atoms with Gasteiger partial charge in [0.1, 0.15) is 0 Å². The summed E-state index contributed by atoms with van der Waals surface area (Å²) in [5.74, 6) is 0. The smallest absolute Gasteiger partial charge is 0.0775 e. The average molecular weight is 245 g/mol. The minimum Gasteiger partial charge on any atom is -0.0937 e. The third-order valence-electron chi connectivity index (χ3n) is 2.55. The van der Waals surface area contributed by atoms with Gasteiger partial charge in [0.15, 0.2) is 0 Å². The molecule has 4 heteroatoms. The van der Waals surface area contributed by atoms with Crippen LogP contribution in [0, 0.1) is 0 Å². The lowest BCUT2D eigenvalue weighted by Crippen LogP contribution is -2.37. The average Bonchev–Trinajstić information content (AvgIpc) is 2.28. The number of hydrogen-bond donors (Lipinski definition) is 0. The molecular formula is C13H19N3Si. The Morgan fingerprint density at radius 3 is 2.41 bits per heavy atom. The van der Waals surface area contributed by atoms with Crippen LogP contribution in [-0.4, -0.2) is 14.6 Å². The Kier molecular flexibility index (Phi) is 5.00. The summed E-state index contributed by atoms with van der Waals surface area (Å²) in [5.41, 5.74) is 9.33. The number of hydrogen-bond acceptors (Lipinski definition) is 1. The largest absolute Gasteiger partial charge is 0.0937 e. The summed E-state index contributed by atoms with van der Waals surface area (Å²) in [6.07, 6.45) is 4.90. The molecule has 0 aliphatic heterocycles. The van der Waals surface area contributed by atoms with Gasteiger partial charge in [-0.15, -0.1) is 0 Å². The molecule has 0 aliphatic carbocycles. The highest BCUT2D eigenvalue weighted by molar-refractivity contribution is 6.88. The van der Waals surface area contributed by atoms with Crippen LogP contribution in [0.1, 0.15) is 12.0 Å². The van der Waals surface area contributed by atoms with Crippen molar-refractivity contribution in [3.8, 4) is 0 Å². The first-order valence-electron chi connectivity index (χ1n) is 5.82. The van der Waals surface area contributed by atoms with Crippen LogP contribution < -0.4 is 5.19 Å². The van der Waals surface area contributed by atoms with Gasteiger partial charge in [-0.2, -0.15) is 0 Å². The maximum atomic E-state index is 8.13. The molecule has 0 amide bonds. The second-order valence-electron chi connectivity index (χ2n) is 5.02. The molecule has 0 saturated carbocycles. The van der Waals surface area contributed by atoms with Crippen LogP contribution in [0.25, 0.3) is 16.5 Å². The first-order valence-corrected chi connectivity index (χ1v) is 9.32. The third-order valence-corrected chi connectivity index (χ3v) is 4.61. The normalized spacial score (nSPS) is 11.5. The van der Waals surface area contributed by atoms with Crippen molar-refractivity contribution >= 4 is 19.3 Å². The van der Waals surface area contributed by atoms with E-state index in [1.54, 1.807) is 0 Å². The molecule has 0 bridgehead atoms. The fourth-order valence-corrected chi connectivity index (χ4v) is 2.66. The predicted octanol–water partition coefficient (Wildman–Crippen LogP) is 3.95. The molecule has 0 spiro atoms. The van der Waals surface area contributed by atoms with E-state index in [9.17, 15) is 0 Å². The zero-order valence-electron chi connectivity index (χ0n) is 10.7. The first kappa shape index (κ1) is 13.6. The van der Waals surface area contributed by atoms with Gasteiger partial charge < -0.3 is 0 Å². The summed E-state index contributed by atoms with van der Waals surface area (Å²) in [4.78, 5) is 2.71. The quantitative estimate of drug-likeness (QED) is 0.248. The summed E-state index contributed by atoms with van der Waals surface area (Å²) < 4.78 is 0. The zero-order chi connectivity index (χ0) is 12.7. The van der Waals surface area contributed by atoms with Crippen LogP contribution in [0.2, 0.25) is 19.6 Å². The molecular weight excluding hydrogens is 226 g/mol. The minimum absolute atomic E-state index is 0.528. The predicted molar refractivity (Wildman–Crippen MR) is 77.1 cm³/mol. The lowest BCUT2D eigenvalue weighted by molar-refractivity contribution is 0.996. The Morgan fingerprint density at radius 1 is 1.24 bits per heavy atom. The highest BCUT2D eigenvalue weighted by Crippen LogP contribution is 2.06. The van der Waals surface area contributed by atoms with Gasteiger partial charge in [0.2, 0.25) is 0 Å². The second-order valence-corrected chi connectivity index (χ2v) is 10.1. The maximum Gasteiger partial charge on any atom is 0.0775 e. The van der Waals surface area contributed by atoms with E-state index < -0.39 is 8.07 Å². The Morgan fingerprint density at radius 2 is 1.88 bits per heavy atom. The maximum absolute atomic E-state index is 8.13. The van der Waals surface area contributed by atoms with Gasteiger partial charge in [-0.1, -0.05) is 66.4 Å². The van der Waals surface area contributed by atoms with Crippen molar-refractivity contribution in [3.05, 3.63) is 46.3 Å². The molecule has 1 aromatic carbocycles. The molecule has 0 radical (unpaired) electrons. The molecule has 0 unspecified atom stereocenters. The standard InChI is InChI=1S/C13H19N3Si/c1-17(2,3)13-9-7-12(8-10-13)6-4-5-11-15-16-14/h4,6-10H,5,11H2,1-3H3. The van der Waals surface area contributed by atoms with Gasteiger partial charge in [0.25, 0.3) is 0 Å². The van der Waals surface area contributed by atoms with E-state index in [0.717, 1.165) is 6.42 Å². The van der Waals surface area contributed by atoms with E-state index in [4.69, 9.17) is 5.53 Å². The highest BCUT2D eigenvalue weighted by atomic mass is 28.3. The fraction of sp³-hybridized carbons (Fsp3) is 0.385. The number of azide groups is 1. The summed E-state index contributed by atoms with van der Waals surface area (Å²) in [6, 6.07) is 8.74.